The quantitative estimate of drug-likeness (QED) is 0.568. The lowest BCUT2D eigenvalue weighted by molar-refractivity contribution is -0.384. The molecule has 0 saturated heterocycles. The minimum atomic E-state index is -0.333. The van der Waals surface area contributed by atoms with Crippen LogP contribution in [0.25, 0.3) is 0 Å². The summed E-state index contributed by atoms with van der Waals surface area (Å²) < 4.78 is 0. The molecule has 0 aliphatic carbocycles. The molecule has 1 rings (SSSR count). The summed E-state index contributed by atoms with van der Waals surface area (Å²) in [5.41, 5.74) is 1.18. The molecule has 4 heteroatoms. The molecule has 0 aliphatic heterocycles. The molecule has 0 spiro atoms. The van der Waals surface area contributed by atoms with Crippen molar-refractivity contribution in [2.24, 2.45) is 5.92 Å². The van der Waals surface area contributed by atoms with Crippen molar-refractivity contribution >= 4 is 5.69 Å². The number of rotatable bonds is 8. The van der Waals surface area contributed by atoms with Crippen molar-refractivity contribution in [2.45, 2.75) is 46.1 Å². The summed E-state index contributed by atoms with van der Waals surface area (Å²) >= 11 is 0. The zero-order valence-corrected chi connectivity index (χ0v) is 12.1. The van der Waals surface area contributed by atoms with E-state index in [-0.39, 0.29) is 16.7 Å². The Labute approximate surface area is 115 Å². The van der Waals surface area contributed by atoms with Crippen LogP contribution in [-0.2, 0) is 0 Å². The molecule has 19 heavy (non-hydrogen) atoms. The van der Waals surface area contributed by atoms with Crippen LogP contribution in [0.4, 0.5) is 5.69 Å². The van der Waals surface area contributed by atoms with Gasteiger partial charge in [-0.25, -0.2) is 0 Å². The van der Waals surface area contributed by atoms with Gasteiger partial charge in [0.15, 0.2) is 0 Å². The third kappa shape index (κ3) is 5.39. The lowest BCUT2D eigenvalue weighted by atomic mass is 10.0. The van der Waals surface area contributed by atoms with E-state index in [0.717, 1.165) is 31.4 Å². The standard InChI is InChI=1S/C15H24N2O2/c1-4-6-15(16-10-9-12(2)3)13-7-5-8-14(11-13)17(18)19/h5,7-8,11-12,15-16H,4,6,9-10H2,1-3H3. The van der Waals surface area contributed by atoms with Gasteiger partial charge in [-0.05, 0) is 30.9 Å². The highest BCUT2D eigenvalue weighted by atomic mass is 16.6. The lowest BCUT2D eigenvalue weighted by Gasteiger charge is -2.19. The highest BCUT2D eigenvalue weighted by Gasteiger charge is 2.13. The maximum Gasteiger partial charge on any atom is 0.269 e. The van der Waals surface area contributed by atoms with Crippen LogP contribution in [-0.4, -0.2) is 11.5 Å². The Morgan fingerprint density at radius 1 is 1.32 bits per heavy atom. The number of hydrogen-bond donors (Lipinski definition) is 1. The molecular formula is C15H24N2O2. The Balaban J connectivity index is 2.74. The summed E-state index contributed by atoms with van der Waals surface area (Å²) in [6.07, 6.45) is 3.18. The van der Waals surface area contributed by atoms with Crippen LogP contribution in [0.1, 0.15) is 51.6 Å². The molecule has 1 N–H and O–H groups in total. The van der Waals surface area contributed by atoms with Crippen molar-refractivity contribution in [3.05, 3.63) is 39.9 Å². The van der Waals surface area contributed by atoms with Crippen LogP contribution in [0.2, 0.25) is 0 Å². The van der Waals surface area contributed by atoms with Crippen LogP contribution >= 0.6 is 0 Å². The third-order valence-corrected chi connectivity index (χ3v) is 3.17. The second-order valence-electron chi connectivity index (χ2n) is 5.33. The molecule has 1 atom stereocenters. The van der Waals surface area contributed by atoms with Crippen molar-refractivity contribution in [1.82, 2.24) is 5.32 Å². The molecular weight excluding hydrogens is 240 g/mol. The smallest absolute Gasteiger partial charge is 0.269 e. The molecule has 0 aromatic heterocycles. The van der Waals surface area contributed by atoms with E-state index >= 15 is 0 Å². The normalized spacial score (nSPS) is 12.6. The molecule has 0 aliphatic rings. The predicted octanol–water partition coefficient (Wildman–Crippen LogP) is 4.07. The second kappa shape index (κ2) is 7.89. The van der Waals surface area contributed by atoms with Gasteiger partial charge in [0.05, 0.1) is 4.92 Å². The van der Waals surface area contributed by atoms with E-state index in [9.17, 15) is 10.1 Å². The molecule has 4 nitrogen and oxygen atoms in total. The Hall–Kier alpha value is -1.42. The Kier molecular flexibility index (Phi) is 6.50. The van der Waals surface area contributed by atoms with Gasteiger partial charge < -0.3 is 5.32 Å². The van der Waals surface area contributed by atoms with Gasteiger partial charge in [-0.2, -0.15) is 0 Å². The lowest BCUT2D eigenvalue weighted by Crippen LogP contribution is -2.23. The highest BCUT2D eigenvalue weighted by Crippen LogP contribution is 2.22. The van der Waals surface area contributed by atoms with E-state index < -0.39 is 0 Å². The van der Waals surface area contributed by atoms with Gasteiger partial charge in [0.1, 0.15) is 0 Å². The molecule has 106 valence electrons. The SMILES string of the molecule is CCCC(NCCC(C)C)c1cccc([N+](=O)[O-])c1. The summed E-state index contributed by atoms with van der Waals surface area (Å²) in [5, 5.41) is 14.3. The van der Waals surface area contributed by atoms with Crippen LogP contribution in [0.15, 0.2) is 24.3 Å². The second-order valence-corrected chi connectivity index (χ2v) is 5.33. The van der Waals surface area contributed by atoms with Crippen molar-refractivity contribution in [1.29, 1.82) is 0 Å². The maximum absolute atomic E-state index is 10.8. The summed E-state index contributed by atoms with van der Waals surface area (Å²) in [6, 6.07) is 7.17. The summed E-state index contributed by atoms with van der Waals surface area (Å²) in [4.78, 5) is 10.5. The molecule has 0 saturated carbocycles. The van der Waals surface area contributed by atoms with Crippen LogP contribution in [0.5, 0.6) is 0 Å². The zero-order valence-electron chi connectivity index (χ0n) is 12.1. The first-order valence-electron chi connectivity index (χ1n) is 7.02. The van der Waals surface area contributed by atoms with Gasteiger partial charge >= 0.3 is 0 Å². The minimum absolute atomic E-state index is 0.171. The van der Waals surface area contributed by atoms with E-state index in [1.807, 2.05) is 6.07 Å². The Morgan fingerprint density at radius 3 is 2.63 bits per heavy atom. The van der Waals surface area contributed by atoms with Gasteiger partial charge in [-0.3, -0.25) is 10.1 Å². The molecule has 0 radical (unpaired) electrons. The minimum Gasteiger partial charge on any atom is -0.310 e. The van der Waals surface area contributed by atoms with E-state index in [4.69, 9.17) is 0 Å². The fourth-order valence-electron chi connectivity index (χ4n) is 2.08. The van der Waals surface area contributed by atoms with Crippen LogP contribution < -0.4 is 5.32 Å². The Morgan fingerprint density at radius 2 is 2.05 bits per heavy atom. The van der Waals surface area contributed by atoms with Gasteiger partial charge in [-0.15, -0.1) is 0 Å². The fourth-order valence-corrected chi connectivity index (χ4v) is 2.08. The first-order valence-corrected chi connectivity index (χ1v) is 7.02. The van der Waals surface area contributed by atoms with Crippen molar-refractivity contribution in [3.8, 4) is 0 Å². The van der Waals surface area contributed by atoms with E-state index in [2.05, 4.69) is 26.1 Å². The van der Waals surface area contributed by atoms with Gasteiger partial charge in [0.25, 0.3) is 5.69 Å². The van der Waals surface area contributed by atoms with E-state index in [1.54, 1.807) is 18.2 Å². The van der Waals surface area contributed by atoms with Crippen molar-refractivity contribution in [3.63, 3.8) is 0 Å². The maximum atomic E-state index is 10.8. The molecule has 1 aromatic carbocycles. The average molecular weight is 264 g/mol. The van der Waals surface area contributed by atoms with Crippen molar-refractivity contribution < 1.29 is 4.92 Å². The molecule has 0 heterocycles. The molecule has 0 amide bonds. The number of nitrogens with one attached hydrogen (secondary N) is 1. The largest absolute Gasteiger partial charge is 0.310 e. The first-order chi connectivity index (χ1) is 9.04. The van der Waals surface area contributed by atoms with Gasteiger partial charge in [-0.1, -0.05) is 39.3 Å². The first kappa shape index (κ1) is 15.6. The number of nitro benzene ring substituents is 1. The van der Waals surface area contributed by atoms with E-state index in [0.29, 0.717) is 5.92 Å². The van der Waals surface area contributed by atoms with Crippen LogP contribution in [0, 0.1) is 16.0 Å². The van der Waals surface area contributed by atoms with Gasteiger partial charge in [0, 0.05) is 18.2 Å². The van der Waals surface area contributed by atoms with Crippen molar-refractivity contribution in [2.75, 3.05) is 6.54 Å². The highest BCUT2D eigenvalue weighted by molar-refractivity contribution is 5.35. The number of benzene rings is 1. The molecule has 1 unspecified atom stereocenters. The monoisotopic (exact) mass is 264 g/mol. The summed E-state index contributed by atoms with van der Waals surface area (Å²) in [6.45, 7) is 7.48. The molecule has 0 bridgehead atoms. The average Bonchev–Trinajstić information content (AvgIpc) is 2.37. The Bertz CT molecular complexity index is 405. The third-order valence-electron chi connectivity index (χ3n) is 3.17. The molecule has 1 aromatic rings. The summed E-state index contributed by atoms with van der Waals surface area (Å²) in [7, 11) is 0. The van der Waals surface area contributed by atoms with Crippen LogP contribution in [0.3, 0.4) is 0 Å². The zero-order chi connectivity index (χ0) is 14.3. The predicted molar refractivity (Wildman–Crippen MR) is 78.2 cm³/mol. The number of nitrogens with zero attached hydrogens (tertiary/aromatic N) is 1. The number of non-ortho nitro benzene ring substituents is 1. The fraction of sp³-hybridized carbons (Fsp3) is 0.600. The summed E-state index contributed by atoms with van der Waals surface area (Å²) in [5.74, 6) is 0.667. The number of nitro groups is 1. The molecule has 0 fully saturated rings. The topological polar surface area (TPSA) is 55.2 Å². The number of hydrogen-bond acceptors (Lipinski definition) is 3. The van der Waals surface area contributed by atoms with Gasteiger partial charge in [0.2, 0.25) is 0 Å². The van der Waals surface area contributed by atoms with E-state index in [1.165, 1.54) is 0 Å².